The predicted octanol–water partition coefficient (Wildman–Crippen LogP) is 0.208. The lowest BCUT2D eigenvalue weighted by atomic mass is 10.3. The molecule has 2 N–H and O–H groups in total. The molecule has 5 nitrogen and oxygen atoms in total. The Bertz CT molecular complexity index is 440. The standard InChI is InChI=1S/C8H13N3O2S/c1-5(9)8-10-4-7(6(2)11-8)14(3,12)13/h4-5H,9H2,1-3H3. The van der Waals surface area contributed by atoms with Gasteiger partial charge >= 0.3 is 0 Å². The Morgan fingerprint density at radius 3 is 2.43 bits per heavy atom. The molecule has 0 amide bonds. The lowest BCUT2D eigenvalue weighted by Crippen LogP contribution is -2.12. The first kappa shape index (κ1) is 11.1. The van der Waals surface area contributed by atoms with Crippen LogP contribution < -0.4 is 5.73 Å². The highest BCUT2D eigenvalue weighted by molar-refractivity contribution is 7.90. The van der Waals surface area contributed by atoms with Gasteiger partial charge in [0.15, 0.2) is 9.84 Å². The van der Waals surface area contributed by atoms with Gasteiger partial charge in [-0.1, -0.05) is 0 Å². The second-order valence-electron chi connectivity index (χ2n) is 3.24. The van der Waals surface area contributed by atoms with E-state index >= 15 is 0 Å². The topological polar surface area (TPSA) is 85.9 Å². The Balaban J connectivity index is 3.28. The molecule has 0 aliphatic heterocycles. The molecule has 1 unspecified atom stereocenters. The highest BCUT2D eigenvalue weighted by Crippen LogP contribution is 2.13. The summed E-state index contributed by atoms with van der Waals surface area (Å²) in [7, 11) is -3.24. The molecule has 1 rings (SSSR count). The van der Waals surface area contributed by atoms with Crippen molar-refractivity contribution in [2.45, 2.75) is 24.8 Å². The zero-order chi connectivity index (χ0) is 10.9. The molecular weight excluding hydrogens is 202 g/mol. The van der Waals surface area contributed by atoms with Crippen LogP contribution in [0.25, 0.3) is 0 Å². The van der Waals surface area contributed by atoms with Crippen molar-refractivity contribution >= 4 is 9.84 Å². The average Bonchev–Trinajstić information content (AvgIpc) is 2.01. The van der Waals surface area contributed by atoms with Crippen LogP contribution in [0.3, 0.4) is 0 Å². The molecule has 78 valence electrons. The van der Waals surface area contributed by atoms with E-state index in [-0.39, 0.29) is 10.9 Å². The molecule has 1 atom stereocenters. The van der Waals surface area contributed by atoms with Crippen molar-refractivity contribution in [1.29, 1.82) is 0 Å². The van der Waals surface area contributed by atoms with E-state index in [0.29, 0.717) is 11.5 Å². The molecule has 1 aromatic rings. The molecule has 14 heavy (non-hydrogen) atoms. The van der Waals surface area contributed by atoms with E-state index in [4.69, 9.17) is 5.73 Å². The number of aryl methyl sites for hydroxylation is 1. The van der Waals surface area contributed by atoms with Crippen LogP contribution in [0.2, 0.25) is 0 Å². The molecule has 1 aromatic heterocycles. The van der Waals surface area contributed by atoms with E-state index in [1.54, 1.807) is 13.8 Å². The Hall–Kier alpha value is -1.01. The van der Waals surface area contributed by atoms with Gasteiger partial charge in [0.2, 0.25) is 0 Å². The second-order valence-corrected chi connectivity index (χ2v) is 5.22. The molecule has 0 aliphatic rings. The number of sulfone groups is 1. The van der Waals surface area contributed by atoms with Crippen LogP contribution in [0.15, 0.2) is 11.1 Å². The van der Waals surface area contributed by atoms with E-state index in [2.05, 4.69) is 9.97 Å². The van der Waals surface area contributed by atoms with E-state index in [0.717, 1.165) is 6.26 Å². The van der Waals surface area contributed by atoms with Crippen LogP contribution in [-0.4, -0.2) is 24.6 Å². The number of nitrogens with two attached hydrogens (primary N) is 1. The summed E-state index contributed by atoms with van der Waals surface area (Å²) in [5.41, 5.74) is 6.01. The third-order valence-corrected chi connectivity index (χ3v) is 2.96. The normalized spacial score (nSPS) is 14.0. The Morgan fingerprint density at radius 1 is 1.50 bits per heavy atom. The molecule has 0 radical (unpaired) electrons. The van der Waals surface area contributed by atoms with Crippen molar-refractivity contribution in [3.8, 4) is 0 Å². The molecule has 0 saturated heterocycles. The second kappa shape index (κ2) is 3.62. The molecular formula is C8H13N3O2S. The van der Waals surface area contributed by atoms with Crippen LogP contribution in [0.1, 0.15) is 24.5 Å². The molecule has 0 saturated carbocycles. The number of aromatic nitrogens is 2. The smallest absolute Gasteiger partial charge is 0.178 e. The summed E-state index contributed by atoms with van der Waals surface area (Å²) in [6.45, 7) is 3.37. The SMILES string of the molecule is Cc1nc(C(C)N)ncc1S(C)(=O)=O. The molecule has 0 fully saturated rings. The van der Waals surface area contributed by atoms with Gasteiger partial charge in [-0.3, -0.25) is 0 Å². The van der Waals surface area contributed by atoms with Gasteiger partial charge in [-0.05, 0) is 13.8 Å². The lowest BCUT2D eigenvalue weighted by molar-refractivity contribution is 0.599. The van der Waals surface area contributed by atoms with E-state index in [1.165, 1.54) is 6.20 Å². The number of hydrogen-bond donors (Lipinski definition) is 1. The fourth-order valence-electron chi connectivity index (χ4n) is 1.06. The minimum atomic E-state index is -3.24. The maximum atomic E-state index is 11.2. The van der Waals surface area contributed by atoms with Gasteiger partial charge in [-0.25, -0.2) is 18.4 Å². The Morgan fingerprint density at radius 2 is 2.07 bits per heavy atom. The number of rotatable bonds is 2. The fraction of sp³-hybridized carbons (Fsp3) is 0.500. The number of nitrogens with zero attached hydrogens (tertiary/aromatic N) is 2. The Kier molecular flexibility index (Phi) is 2.86. The van der Waals surface area contributed by atoms with Crippen molar-refractivity contribution in [3.63, 3.8) is 0 Å². The summed E-state index contributed by atoms with van der Waals surface area (Å²) >= 11 is 0. The van der Waals surface area contributed by atoms with E-state index in [9.17, 15) is 8.42 Å². The van der Waals surface area contributed by atoms with Gasteiger partial charge in [0.25, 0.3) is 0 Å². The molecule has 0 aromatic carbocycles. The van der Waals surface area contributed by atoms with Crippen LogP contribution in [-0.2, 0) is 9.84 Å². The third-order valence-electron chi connectivity index (χ3n) is 1.76. The maximum Gasteiger partial charge on any atom is 0.178 e. The summed E-state index contributed by atoms with van der Waals surface area (Å²) in [6.07, 6.45) is 2.43. The van der Waals surface area contributed by atoms with Crippen molar-refractivity contribution in [3.05, 3.63) is 17.7 Å². The van der Waals surface area contributed by atoms with Gasteiger partial charge in [0, 0.05) is 12.5 Å². The van der Waals surface area contributed by atoms with Gasteiger partial charge in [0.05, 0.1) is 11.7 Å². The highest BCUT2D eigenvalue weighted by Gasteiger charge is 2.14. The molecule has 0 aliphatic carbocycles. The van der Waals surface area contributed by atoms with E-state index in [1.807, 2.05) is 0 Å². The fourth-order valence-corrected chi connectivity index (χ4v) is 1.88. The van der Waals surface area contributed by atoms with Crippen LogP contribution in [0, 0.1) is 6.92 Å². The molecule has 1 heterocycles. The number of hydrogen-bond acceptors (Lipinski definition) is 5. The summed E-state index contributed by atoms with van der Waals surface area (Å²) in [6, 6.07) is -0.290. The first-order chi connectivity index (χ1) is 6.32. The van der Waals surface area contributed by atoms with Crippen molar-refractivity contribution in [1.82, 2.24) is 9.97 Å². The average molecular weight is 215 g/mol. The maximum absolute atomic E-state index is 11.2. The largest absolute Gasteiger partial charge is 0.322 e. The third kappa shape index (κ3) is 2.27. The first-order valence-corrected chi connectivity index (χ1v) is 6.00. The minimum Gasteiger partial charge on any atom is -0.322 e. The summed E-state index contributed by atoms with van der Waals surface area (Å²) in [5.74, 6) is 0.454. The van der Waals surface area contributed by atoms with Gasteiger partial charge in [-0.15, -0.1) is 0 Å². The zero-order valence-electron chi connectivity index (χ0n) is 8.35. The predicted molar refractivity (Wildman–Crippen MR) is 52.5 cm³/mol. The first-order valence-electron chi connectivity index (χ1n) is 4.11. The summed E-state index contributed by atoms with van der Waals surface area (Å²) < 4.78 is 22.4. The zero-order valence-corrected chi connectivity index (χ0v) is 9.17. The van der Waals surface area contributed by atoms with Gasteiger partial charge < -0.3 is 5.73 Å². The molecule has 0 spiro atoms. The molecule has 0 bridgehead atoms. The van der Waals surface area contributed by atoms with Crippen molar-refractivity contribution in [2.24, 2.45) is 5.73 Å². The highest BCUT2D eigenvalue weighted by atomic mass is 32.2. The van der Waals surface area contributed by atoms with Crippen LogP contribution >= 0.6 is 0 Å². The van der Waals surface area contributed by atoms with Crippen LogP contribution in [0.4, 0.5) is 0 Å². The van der Waals surface area contributed by atoms with Gasteiger partial charge in [0.1, 0.15) is 10.7 Å². The monoisotopic (exact) mass is 215 g/mol. The quantitative estimate of drug-likeness (QED) is 0.762. The van der Waals surface area contributed by atoms with Crippen molar-refractivity contribution < 1.29 is 8.42 Å². The van der Waals surface area contributed by atoms with Crippen LogP contribution in [0.5, 0.6) is 0 Å². The van der Waals surface area contributed by atoms with E-state index < -0.39 is 9.84 Å². The minimum absolute atomic E-state index is 0.155. The molecule has 6 heteroatoms. The lowest BCUT2D eigenvalue weighted by Gasteiger charge is -2.06. The van der Waals surface area contributed by atoms with Crippen molar-refractivity contribution in [2.75, 3.05) is 6.26 Å². The summed E-state index contributed by atoms with van der Waals surface area (Å²) in [5, 5.41) is 0. The Labute approximate surface area is 83.3 Å². The van der Waals surface area contributed by atoms with Gasteiger partial charge in [-0.2, -0.15) is 0 Å². The summed E-state index contributed by atoms with van der Waals surface area (Å²) in [4.78, 5) is 8.07.